The third kappa shape index (κ3) is 7.21. The van der Waals surface area contributed by atoms with Gasteiger partial charge in [-0.3, -0.25) is 13.9 Å². The Morgan fingerprint density at radius 1 is 0.892 bits per heavy atom. The summed E-state index contributed by atoms with van der Waals surface area (Å²) in [4.78, 5) is 15.4. The molecule has 202 valence electrons. The van der Waals surface area contributed by atoms with Crippen LogP contribution in [0, 0.1) is 6.92 Å². The maximum Gasteiger partial charge on any atom is 0.323 e. The zero-order valence-corrected chi connectivity index (χ0v) is 23.0. The highest BCUT2D eigenvalue weighted by molar-refractivity contribution is 7.86. The van der Waals surface area contributed by atoms with Crippen LogP contribution in [0.1, 0.15) is 88.3 Å². The Bertz CT molecular complexity index is 1100. The summed E-state index contributed by atoms with van der Waals surface area (Å²) in [6.45, 7) is 4.46. The predicted molar refractivity (Wildman–Crippen MR) is 145 cm³/mol. The first-order valence-electron chi connectivity index (χ1n) is 13.9. The second kappa shape index (κ2) is 13.0. The number of cyclic esters (lactones) is 1. The van der Waals surface area contributed by atoms with Crippen LogP contribution in [0.4, 0.5) is 0 Å². The zero-order chi connectivity index (χ0) is 26.3. The molecular formula is C30H41NO5S. The SMILES string of the molecule is CCCCCCCCC[C@@H]1C[C@@H](OS(=O)(=O)c2ccc(C)cc2)C[C@H]2C(=O)OC[C@H](c3ccccc3)N12. The molecule has 0 unspecified atom stereocenters. The van der Waals surface area contributed by atoms with Crippen LogP contribution in [0.3, 0.4) is 0 Å². The second-order valence-corrected chi connectivity index (χ2v) is 12.1. The number of esters is 1. The van der Waals surface area contributed by atoms with E-state index in [1.807, 2.05) is 25.1 Å². The van der Waals surface area contributed by atoms with Crippen molar-refractivity contribution in [1.29, 1.82) is 0 Å². The fraction of sp³-hybridized carbons (Fsp3) is 0.567. The van der Waals surface area contributed by atoms with Crippen LogP contribution in [-0.4, -0.2) is 44.1 Å². The van der Waals surface area contributed by atoms with Crippen molar-refractivity contribution in [2.24, 2.45) is 0 Å². The minimum Gasteiger partial charge on any atom is -0.462 e. The molecule has 0 radical (unpaired) electrons. The van der Waals surface area contributed by atoms with Crippen molar-refractivity contribution < 1.29 is 22.1 Å². The van der Waals surface area contributed by atoms with E-state index in [1.54, 1.807) is 24.3 Å². The average Bonchev–Trinajstić information content (AvgIpc) is 2.89. The summed E-state index contributed by atoms with van der Waals surface area (Å²) in [6.07, 6.45) is 9.69. The number of fused-ring (bicyclic) bond motifs is 1. The third-order valence-corrected chi connectivity index (χ3v) is 9.09. The molecule has 4 rings (SSSR count). The number of ether oxygens (including phenoxy) is 1. The molecule has 4 atom stereocenters. The lowest BCUT2D eigenvalue weighted by Crippen LogP contribution is -2.60. The number of rotatable bonds is 12. The topological polar surface area (TPSA) is 72.9 Å². The monoisotopic (exact) mass is 527 g/mol. The molecule has 2 heterocycles. The number of nitrogens with zero attached hydrogens (tertiary/aromatic N) is 1. The van der Waals surface area contributed by atoms with Gasteiger partial charge in [0, 0.05) is 12.5 Å². The van der Waals surface area contributed by atoms with Crippen molar-refractivity contribution in [2.75, 3.05) is 6.61 Å². The molecule has 2 aromatic rings. The Labute approximate surface area is 222 Å². The Hall–Kier alpha value is -2.22. The highest BCUT2D eigenvalue weighted by Crippen LogP contribution is 2.40. The fourth-order valence-corrected chi connectivity index (χ4v) is 6.84. The van der Waals surface area contributed by atoms with Gasteiger partial charge in [-0.1, -0.05) is 99.9 Å². The first-order valence-corrected chi connectivity index (χ1v) is 15.3. The summed E-state index contributed by atoms with van der Waals surface area (Å²) >= 11 is 0. The van der Waals surface area contributed by atoms with E-state index in [1.165, 1.54) is 32.1 Å². The van der Waals surface area contributed by atoms with Gasteiger partial charge < -0.3 is 4.74 Å². The van der Waals surface area contributed by atoms with Crippen molar-refractivity contribution in [2.45, 2.75) is 107 Å². The number of hydrogen-bond acceptors (Lipinski definition) is 6. The summed E-state index contributed by atoms with van der Waals surface area (Å²) < 4.78 is 37.6. The maximum atomic E-state index is 13.1. The number of carbonyl (C=O) groups is 1. The van der Waals surface area contributed by atoms with Gasteiger partial charge in [0.15, 0.2) is 0 Å². The molecule has 0 spiro atoms. The van der Waals surface area contributed by atoms with Crippen LogP contribution >= 0.6 is 0 Å². The molecular weight excluding hydrogens is 486 g/mol. The van der Waals surface area contributed by atoms with E-state index < -0.39 is 22.3 Å². The molecule has 0 amide bonds. The molecule has 2 aliphatic heterocycles. The van der Waals surface area contributed by atoms with E-state index in [4.69, 9.17) is 8.92 Å². The van der Waals surface area contributed by atoms with Gasteiger partial charge in [-0.25, -0.2) is 0 Å². The van der Waals surface area contributed by atoms with Gasteiger partial charge in [0.1, 0.15) is 12.6 Å². The Morgan fingerprint density at radius 3 is 2.27 bits per heavy atom. The molecule has 6 nitrogen and oxygen atoms in total. The van der Waals surface area contributed by atoms with Crippen LogP contribution in [0.15, 0.2) is 59.5 Å². The first kappa shape index (κ1) is 27.8. The van der Waals surface area contributed by atoms with Crippen molar-refractivity contribution in [3.63, 3.8) is 0 Å². The number of unbranched alkanes of at least 4 members (excludes halogenated alkanes) is 6. The Morgan fingerprint density at radius 2 is 1.57 bits per heavy atom. The van der Waals surface area contributed by atoms with E-state index in [2.05, 4.69) is 24.0 Å². The lowest BCUT2D eigenvalue weighted by Gasteiger charge is -2.50. The van der Waals surface area contributed by atoms with E-state index in [0.29, 0.717) is 19.4 Å². The molecule has 0 aliphatic carbocycles. The Kier molecular flexibility index (Phi) is 9.79. The standard InChI is InChI=1S/C30H41NO5S/c1-3-4-5-6-7-8-12-15-25-20-26(36-37(33,34)27-18-16-23(2)17-19-27)21-28-30(32)35-22-29(31(25)28)24-13-10-9-11-14-24/h9-11,13-14,16-19,25-26,28-29H,3-8,12,15,20-22H2,1-2H3/t25-,26-,28+,29-/m1/s1. The van der Waals surface area contributed by atoms with Crippen LogP contribution in [0.2, 0.25) is 0 Å². The van der Waals surface area contributed by atoms with Crippen LogP contribution in [0.5, 0.6) is 0 Å². The van der Waals surface area contributed by atoms with Gasteiger partial charge >= 0.3 is 5.97 Å². The highest BCUT2D eigenvalue weighted by Gasteiger charge is 2.48. The minimum absolute atomic E-state index is 0.0342. The van der Waals surface area contributed by atoms with Gasteiger partial charge in [0.2, 0.25) is 0 Å². The minimum atomic E-state index is -3.93. The number of aryl methyl sites for hydroxylation is 1. The van der Waals surface area contributed by atoms with Crippen LogP contribution in [-0.2, 0) is 23.8 Å². The number of benzene rings is 2. The second-order valence-electron chi connectivity index (χ2n) is 10.5. The van der Waals surface area contributed by atoms with Crippen molar-refractivity contribution in [1.82, 2.24) is 4.90 Å². The summed E-state index contributed by atoms with van der Waals surface area (Å²) in [7, 11) is -3.93. The van der Waals surface area contributed by atoms with Gasteiger partial charge in [-0.15, -0.1) is 0 Å². The molecule has 2 fully saturated rings. The summed E-state index contributed by atoms with van der Waals surface area (Å²) in [6, 6.07) is 16.4. The van der Waals surface area contributed by atoms with Gasteiger partial charge in [-0.2, -0.15) is 8.42 Å². The van der Waals surface area contributed by atoms with Crippen molar-refractivity contribution >= 4 is 16.1 Å². The Balaban J connectivity index is 1.51. The van der Waals surface area contributed by atoms with Crippen LogP contribution in [0.25, 0.3) is 0 Å². The van der Waals surface area contributed by atoms with E-state index in [9.17, 15) is 13.2 Å². The largest absolute Gasteiger partial charge is 0.462 e. The zero-order valence-electron chi connectivity index (χ0n) is 22.2. The molecule has 2 aliphatic rings. The lowest BCUT2D eigenvalue weighted by molar-refractivity contribution is -0.173. The summed E-state index contributed by atoms with van der Waals surface area (Å²) in [5.74, 6) is -0.280. The van der Waals surface area contributed by atoms with Crippen molar-refractivity contribution in [3.8, 4) is 0 Å². The summed E-state index contributed by atoms with van der Waals surface area (Å²) in [5, 5.41) is 0. The molecule has 0 saturated carbocycles. The molecule has 0 N–H and O–H groups in total. The number of morpholine rings is 1. The number of piperidine rings is 1. The maximum absolute atomic E-state index is 13.1. The van der Waals surface area contributed by atoms with E-state index >= 15 is 0 Å². The summed E-state index contributed by atoms with van der Waals surface area (Å²) in [5.41, 5.74) is 2.11. The van der Waals surface area contributed by atoms with E-state index in [0.717, 1.165) is 30.4 Å². The van der Waals surface area contributed by atoms with Crippen LogP contribution < -0.4 is 0 Å². The molecule has 2 saturated heterocycles. The molecule has 7 heteroatoms. The highest BCUT2D eigenvalue weighted by atomic mass is 32.2. The number of carbonyl (C=O) groups excluding carboxylic acids is 1. The van der Waals surface area contributed by atoms with Gasteiger partial charge in [0.25, 0.3) is 10.1 Å². The predicted octanol–water partition coefficient (Wildman–Crippen LogP) is 6.34. The smallest absolute Gasteiger partial charge is 0.323 e. The normalized spacial score (nSPS) is 24.4. The molecule has 37 heavy (non-hydrogen) atoms. The first-order chi connectivity index (χ1) is 17.9. The average molecular weight is 528 g/mol. The fourth-order valence-electron chi connectivity index (χ4n) is 5.75. The quantitative estimate of drug-likeness (QED) is 0.182. The molecule has 0 aromatic heterocycles. The van der Waals surface area contributed by atoms with E-state index in [-0.39, 0.29) is 22.9 Å². The number of hydrogen-bond donors (Lipinski definition) is 0. The van der Waals surface area contributed by atoms with Gasteiger partial charge in [-0.05, 0) is 37.5 Å². The van der Waals surface area contributed by atoms with Crippen molar-refractivity contribution in [3.05, 3.63) is 65.7 Å². The lowest BCUT2D eigenvalue weighted by atomic mass is 9.86. The molecule has 2 aromatic carbocycles. The molecule has 0 bridgehead atoms. The van der Waals surface area contributed by atoms with Gasteiger partial charge in [0.05, 0.1) is 17.0 Å². The third-order valence-electron chi connectivity index (χ3n) is 7.72.